The molecule has 1 amide bonds. The Morgan fingerprint density at radius 1 is 1.30 bits per heavy atom. The summed E-state index contributed by atoms with van der Waals surface area (Å²) >= 11 is 3.34. The van der Waals surface area contributed by atoms with Crippen molar-refractivity contribution in [2.45, 2.75) is 26.5 Å². The topological polar surface area (TPSA) is 88.8 Å². The van der Waals surface area contributed by atoms with Gasteiger partial charge in [0.2, 0.25) is 5.76 Å². The monoisotopic (exact) mass is 381 g/mol. The van der Waals surface area contributed by atoms with E-state index in [0.29, 0.717) is 17.1 Å². The molecule has 2 aromatic rings. The Balaban J connectivity index is 2.04. The Morgan fingerprint density at radius 3 is 2.65 bits per heavy atom. The second-order valence-electron chi connectivity index (χ2n) is 5.10. The maximum atomic E-state index is 12.2. The fraction of sp³-hybridized carbons (Fsp3) is 0.250. The minimum absolute atomic E-state index is 0.00207. The highest BCUT2D eigenvalue weighted by atomic mass is 79.9. The van der Waals surface area contributed by atoms with Gasteiger partial charge in [-0.15, -0.1) is 0 Å². The quantitative estimate of drug-likeness (QED) is 0.799. The molecule has 7 heteroatoms. The number of carboxylic acid groups (broad SMARTS) is 1. The minimum Gasteiger partial charge on any atom is -0.491 e. The number of furan rings is 1. The third-order valence-electron chi connectivity index (χ3n) is 2.80. The molecule has 2 rings (SSSR count). The highest BCUT2D eigenvalue weighted by molar-refractivity contribution is 9.10. The van der Waals surface area contributed by atoms with Crippen molar-refractivity contribution >= 4 is 27.8 Å². The van der Waals surface area contributed by atoms with Crippen LogP contribution in [0.4, 0.5) is 0 Å². The van der Waals surface area contributed by atoms with Gasteiger partial charge in [0.1, 0.15) is 11.5 Å². The normalized spacial score (nSPS) is 10.6. The Hall–Kier alpha value is -2.28. The maximum Gasteiger partial charge on any atom is 0.371 e. The zero-order valence-corrected chi connectivity index (χ0v) is 14.2. The summed E-state index contributed by atoms with van der Waals surface area (Å²) < 4.78 is 11.4. The van der Waals surface area contributed by atoms with Crippen LogP contribution < -0.4 is 10.1 Å². The van der Waals surface area contributed by atoms with Crippen LogP contribution in [0.2, 0.25) is 0 Å². The fourth-order valence-corrected chi connectivity index (χ4v) is 2.36. The number of benzene rings is 1. The zero-order valence-electron chi connectivity index (χ0n) is 12.6. The van der Waals surface area contributed by atoms with Gasteiger partial charge < -0.3 is 19.6 Å². The van der Waals surface area contributed by atoms with Crippen molar-refractivity contribution in [2.75, 3.05) is 0 Å². The van der Waals surface area contributed by atoms with Gasteiger partial charge in [-0.3, -0.25) is 4.79 Å². The number of hydrogen-bond acceptors (Lipinski definition) is 4. The van der Waals surface area contributed by atoms with Crippen molar-refractivity contribution in [1.82, 2.24) is 5.32 Å². The molecule has 0 fully saturated rings. The highest BCUT2D eigenvalue weighted by Crippen LogP contribution is 2.22. The van der Waals surface area contributed by atoms with E-state index in [0.717, 1.165) is 4.47 Å². The molecule has 122 valence electrons. The predicted octanol–water partition coefficient (Wildman–Crippen LogP) is 3.46. The first-order valence-electron chi connectivity index (χ1n) is 6.92. The number of hydrogen-bond donors (Lipinski definition) is 2. The van der Waals surface area contributed by atoms with E-state index in [1.807, 2.05) is 13.8 Å². The summed E-state index contributed by atoms with van der Waals surface area (Å²) in [5, 5.41) is 11.5. The first-order valence-corrected chi connectivity index (χ1v) is 7.72. The number of aromatic carboxylic acids is 1. The molecular weight excluding hydrogens is 366 g/mol. The van der Waals surface area contributed by atoms with Crippen LogP contribution in [0.1, 0.15) is 40.5 Å². The van der Waals surface area contributed by atoms with Crippen LogP contribution in [0.3, 0.4) is 0 Å². The number of carbonyl (C=O) groups excluding carboxylic acids is 1. The molecular formula is C16H16BrNO5. The van der Waals surface area contributed by atoms with Crippen molar-refractivity contribution in [1.29, 1.82) is 0 Å². The van der Waals surface area contributed by atoms with Gasteiger partial charge >= 0.3 is 5.97 Å². The number of amides is 1. The van der Waals surface area contributed by atoms with Gasteiger partial charge in [-0.1, -0.05) is 15.9 Å². The molecule has 0 atom stereocenters. The first-order chi connectivity index (χ1) is 10.8. The van der Waals surface area contributed by atoms with E-state index in [4.69, 9.17) is 14.3 Å². The lowest BCUT2D eigenvalue weighted by molar-refractivity contribution is 0.0660. The largest absolute Gasteiger partial charge is 0.491 e. The summed E-state index contributed by atoms with van der Waals surface area (Å²) in [6, 6.07) is 7.95. The molecule has 1 aromatic carbocycles. The van der Waals surface area contributed by atoms with Gasteiger partial charge in [-0.25, -0.2) is 4.79 Å². The average Bonchev–Trinajstić information content (AvgIpc) is 2.92. The van der Waals surface area contributed by atoms with Gasteiger partial charge in [0, 0.05) is 10.0 Å². The Kier molecular flexibility index (Phi) is 5.44. The maximum absolute atomic E-state index is 12.2. The van der Waals surface area contributed by atoms with Gasteiger partial charge in [-0.05, 0) is 44.2 Å². The number of carbonyl (C=O) groups is 2. The average molecular weight is 382 g/mol. The van der Waals surface area contributed by atoms with E-state index >= 15 is 0 Å². The van der Waals surface area contributed by atoms with Crippen molar-refractivity contribution in [3.05, 3.63) is 51.9 Å². The molecule has 0 aliphatic heterocycles. The second kappa shape index (κ2) is 7.32. The Bertz CT molecular complexity index is 723. The Labute approximate surface area is 141 Å². The van der Waals surface area contributed by atoms with E-state index in [-0.39, 0.29) is 24.3 Å². The van der Waals surface area contributed by atoms with Crippen molar-refractivity contribution in [2.24, 2.45) is 0 Å². The van der Waals surface area contributed by atoms with Crippen LogP contribution in [0.5, 0.6) is 5.75 Å². The molecule has 0 aliphatic carbocycles. The summed E-state index contributed by atoms with van der Waals surface area (Å²) in [4.78, 5) is 22.9. The lowest BCUT2D eigenvalue weighted by Gasteiger charge is -2.12. The van der Waals surface area contributed by atoms with Crippen LogP contribution in [-0.2, 0) is 6.54 Å². The molecule has 0 saturated heterocycles. The molecule has 2 N–H and O–H groups in total. The zero-order chi connectivity index (χ0) is 17.0. The van der Waals surface area contributed by atoms with Crippen molar-refractivity contribution in [3.63, 3.8) is 0 Å². The number of rotatable bonds is 6. The smallest absolute Gasteiger partial charge is 0.371 e. The molecule has 0 saturated carbocycles. The molecule has 0 unspecified atom stereocenters. The summed E-state index contributed by atoms with van der Waals surface area (Å²) in [6.07, 6.45) is -0.00207. The first kappa shape index (κ1) is 17.1. The van der Waals surface area contributed by atoms with Crippen LogP contribution in [-0.4, -0.2) is 23.1 Å². The van der Waals surface area contributed by atoms with Crippen LogP contribution in [0, 0.1) is 0 Å². The lowest BCUT2D eigenvalue weighted by Crippen LogP contribution is -2.22. The SMILES string of the molecule is CC(C)Oc1cc(Br)cc(C(=O)NCc2ccc(C(=O)O)o2)c1. The van der Waals surface area contributed by atoms with Gasteiger partial charge in [0.25, 0.3) is 5.91 Å². The standard InChI is InChI=1S/C16H16BrNO5/c1-9(2)22-13-6-10(5-11(17)7-13)15(19)18-8-12-3-4-14(23-12)16(20)21/h3-7,9H,8H2,1-2H3,(H,18,19)(H,20,21). The third kappa shape index (κ3) is 4.85. The molecule has 23 heavy (non-hydrogen) atoms. The minimum atomic E-state index is -1.15. The van der Waals surface area contributed by atoms with E-state index in [2.05, 4.69) is 21.2 Å². The van der Waals surface area contributed by atoms with Gasteiger partial charge in [-0.2, -0.15) is 0 Å². The van der Waals surface area contributed by atoms with Gasteiger partial charge in [0.15, 0.2) is 0 Å². The third-order valence-corrected chi connectivity index (χ3v) is 3.26. The lowest BCUT2D eigenvalue weighted by atomic mass is 10.2. The van der Waals surface area contributed by atoms with Gasteiger partial charge in [0.05, 0.1) is 12.6 Å². The highest BCUT2D eigenvalue weighted by Gasteiger charge is 2.12. The van der Waals surface area contributed by atoms with E-state index in [1.54, 1.807) is 18.2 Å². The molecule has 1 heterocycles. The molecule has 0 radical (unpaired) electrons. The van der Waals surface area contributed by atoms with Crippen LogP contribution >= 0.6 is 15.9 Å². The van der Waals surface area contributed by atoms with Crippen LogP contribution in [0.25, 0.3) is 0 Å². The Morgan fingerprint density at radius 2 is 2.04 bits per heavy atom. The van der Waals surface area contributed by atoms with Crippen molar-refractivity contribution in [3.8, 4) is 5.75 Å². The molecule has 1 aromatic heterocycles. The summed E-state index contributed by atoms with van der Waals surface area (Å²) in [5.41, 5.74) is 0.431. The number of carboxylic acids is 1. The number of ether oxygens (including phenoxy) is 1. The summed E-state index contributed by atoms with van der Waals surface area (Å²) in [6.45, 7) is 3.90. The van der Waals surface area contributed by atoms with E-state index in [1.165, 1.54) is 12.1 Å². The van der Waals surface area contributed by atoms with Crippen LogP contribution in [0.15, 0.2) is 39.2 Å². The van der Waals surface area contributed by atoms with Crippen molar-refractivity contribution < 1.29 is 23.8 Å². The summed E-state index contributed by atoms with van der Waals surface area (Å²) in [7, 11) is 0. The molecule has 0 spiro atoms. The molecule has 6 nitrogen and oxygen atoms in total. The fourth-order valence-electron chi connectivity index (χ4n) is 1.89. The number of halogens is 1. The number of nitrogens with one attached hydrogen (secondary N) is 1. The summed E-state index contributed by atoms with van der Waals surface area (Å²) in [5.74, 6) is -0.669. The predicted molar refractivity (Wildman–Crippen MR) is 86.7 cm³/mol. The van der Waals surface area contributed by atoms with E-state index in [9.17, 15) is 9.59 Å². The van der Waals surface area contributed by atoms with E-state index < -0.39 is 5.97 Å². The molecule has 0 bridgehead atoms. The second-order valence-corrected chi connectivity index (χ2v) is 6.01. The molecule has 0 aliphatic rings.